The van der Waals surface area contributed by atoms with Gasteiger partial charge in [-0.15, -0.1) is 0 Å². The Bertz CT molecular complexity index is 1930. The van der Waals surface area contributed by atoms with Crippen LogP contribution in [0.3, 0.4) is 0 Å². The molecule has 0 bridgehead atoms. The highest BCUT2D eigenvalue weighted by atomic mass is 35.5. The Morgan fingerprint density at radius 3 is 2.24 bits per heavy atom. The van der Waals surface area contributed by atoms with Crippen LogP contribution >= 0.6 is 23.2 Å². The van der Waals surface area contributed by atoms with Gasteiger partial charge in [-0.3, -0.25) is 14.1 Å². The van der Waals surface area contributed by atoms with Gasteiger partial charge in [0.15, 0.2) is 5.82 Å². The van der Waals surface area contributed by atoms with Crippen molar-refractivity contribution in [3.63, 3.8) is 0 Å². The van der Waals surface area contributed by atoms with Crippen molar-refractivity contribution in [1.29, 1.82) is 0 Å². The summed E-state index contributed by atoms with van der Waals surface area (Å²) < 4.78 is 24.1. The van der Waals surface area contributed by atoms with Gasteiger partial charge in [0.2, 0.25) is 6.41 Å². The SMILES string of the molecule is COc1cc(N2CCN(C3COC3)CC2)c(NC=O)cc1-c1ncc2cc(-c3c(Cl)c(OC)cc(OC)c3Cl)c3nccn3c2n1. The maximum Gasteiger partial charge on any atom is 0.211 e. The molecule has 1 amide bonds. The van der Waals surface area contributed by atoms with E-state index in [-0.39, 0.29) is 0 Å². The van der Waals surface area contributed by atoms with Gasteiger partial charge in [0, 0.05) is 73.4 Å². The minimum absolute atomic E-state index is 0.327. The number of hydrogen-bond acceptors (Lipinski definition) is 10. The van der Waals surface area contributed by atoms with E-state index < -0.39 is 0 Å². The van der Waals surface area contributed by atoms with Gasteiger partial charge in [-0.05, 0) is 12.1 Å². The molecular weight excluding hydrogens is 633 g/mol. The fourth-order valence-corrected chi connectivity index (χ4v) is 6.83. The molecule has 3 aromatic heterocycles. The first-order valence-electron chi connectivity index (χ1n) is 14.7. The monoisotopic (exact) mass is 663 g/mol. The Morgan fingerprint density at radius 1 is 0.891 bits per heavy atom. The van der Waals surface area contributed by atoms with Crippen molar-refractivity contribution in [3.05, 3.63) is 52.9 Å². The quantitative estimate of drug-likeness (QED) is 0.215. The lowest BCUT2D eigenvalue weighted by Crippen LogP contribution is -2.56. The van der Waals surface area contributed by atoms with Gasteiger partial charge in [0.25, 0.3) is 0 Å². The molecule has 5 aromatic rings. The molecule has 46 heavy (non-hydrogen) atoms. The van der Waals surface area contributed by atoms with Gasteiger partial charge in [0.05, 0.1) is 67.6 Å². The highest BCUT2D eigenvalue weighted by molar-refractivity contribution is 6.41. The number of imidazole rings is 1. The number of ether oxygens (including phenoxy) is 4. The van der Waals surface area contributed by atoms with Gasteiger partial charge in [0.1, 0.15) is 28.5 Å². The zero-order valence-electron chi connectivity index (χ0n) is 25.4. The molecule has 12 nitrogen and oxygen atoms in total. The van der Waals surface area contributed by atoms with Gasteiger partial charge < -0.3 is 29.2 Å². The van der Waals surface area contributed by atoms with Crippen molar-refractivity contribution in [2.24, 2.45) is 0 Å². The number of piperazine rings is 1. The molecule has 0 aliphatic carbocycles. The Hall–Kier alpha value is -4.36. The van der Waals surface area contributed by atoms with Gasteiger partial charge >= 0.3 is 0 Å². The number of rotatable bonds is 9. The normalized spacial score (nSPS) is 15.6. The molecule has 2 fully saturated rings. The highest BCUT2D eigenvalue weighted by Gasteiger charge is 2.30. The van der Waals surface area contributed by atoms with Crippen LogP contribution < -0.4 is 24.4 Å². The van der Waals surface area contributed by atoms with E-state index in [1.165, 1.54) is 14.2 Å². The summed E-state index contributed by atoms with van der Waals surface area (Å²) >= 11 is 13.6. The van der Waals surface area contributed by atoms with E-state index in [1.54, 1.807) is 25.6 Å². The standard InChI is InChI=1S/C32H31Cl2N7O5/c1-43-24-12-23(40-8-6-39(7-9-40)19-15-46-16-19)22(37-17-42)11-20(24)30-36-14-18-10-21(32-35-4-5-41(32)31(18)38-30)27-28(33)25(44-2)13-26(45-3)29(27)34/h4-5,10-14,17,19H,6-9,15-16H2,1-3H3,(H,37,42). The number of benzene rings is 2. The van der Waals surface area contributed by atoms with E-state index in [0.29, 0.717) is 79.2 Å². The molecule has 2 aromatic carbocycles. The predicted octanol–water partition coefficient (Wildman–Crippen LogP) is 5.03. The molecule has 7 rings (SSSR count). The zero-order chi connectivity index (χ0) is 31.9. The molecule has 0 spiro atoms. The van der Waals surface area contributed by atoms with Gasteiger partial charge in [-0.25, -0.2) is 15.0 Å². The van der Waals surface area contributed by atoms with E-state index in [4.69, 9.17) is 52.1 Å². The van der Waals surface area contributed by atoms with Crippen LogP contribution in [0.15, 0.2) is 42.9 Å². The number of hydrogen-bond donors (Lipinski definition) is 1. The third-order valence-electron chi connectivity index (χ3n) is 8.61. The van der Waals surface area contributed by atoms with E-state index in [9.17, 15) is 4.79 Å². The fraction of sp³-hybridized carbons (Fsp3) is 0.312. The second-order valence-electron chi connectivity index (χ2n) is 11.0. The number of anilines is 2. The van der Waals surface area contributed by atoms with E-state index in [2.05, 4.69) is 20.1 Å². The van der Waals surface area contributed by atoms with Crippen molar-refractivity contribution in [2.75, 3.05) is 70.9 Å². The molecule has 0 radical (unpaired) electrons. The number of nitrogens with zero attached hydrogens (tertiary/aromatic N) is 6. The number of carbonyl (C=O) groups excluding carboxylic acids is 1. The molecule has 238 valence electrons. The number of nitrogens with one attached hydrogen (secondary N) is 1. The van der Waals surface area contributed by atoms with E-state index >= 15 is 0 Å². The molecule has 2 aliphatic heterocycles. The van der Waals surface area contributed by atoms with Crippen molar-refractivity contribution in [2.45, 2.75) is 6.04 Å². The number of halogens is 2. The Balaban J connectivity index is 1.31. The fourth-order valence-electron chi connectivity index (χ4n) is 6.12. The average Bonchev–Trinajstić information content (AvgIpc) is 3.55. The predicted molar refractivity (Wildman–Crippen MR) is 177 cm³/mol. The van der Waals surface area contributed by atoms with Crippen molar-refractivity contribution in [3.8, 4) is 39.8 Å². The average molecular weight is 665 g/mol. The van der Waals surface area contributed by atoms with Crippen molar-refractivity contribution < 1.29 is 23.7 Å². The first-order valence-corrected chi connectivity index (χ1v) is 15.4. The van der Waals surface area contributed by atoms with Crippen LogP contribution in [0, 0.1) is 0 Å². The van der Waals surface area contributed by atoms with Crippen LogP contribution in [-0.2, 0) is 9.53 Å². The molecular formula is C32H31Cl2N7O5. The zero-order valence-corrected chi connectivity index (χ0v) is 26.9. The highest BCUT2D eigenvalue weighted by Crippen LogP contribution is 2.47. The summed E-state index contributed by atoms with van der Waals surface area (Å²) in [6.07, 6.45) is 5.90. The van der Waals surface area contributed by atoms with Crippen LogP contribution in [0.1, 0.15) is 0 Å². The summed E-state index contributed by atoms with van der Waals surface area (Å²) in [5.41, 5.74) is 4.51. The number of pyridine rings is 1. The molecule has 0 saturated carbocycles. The number of fused-ring (bicyclic) bond motifs is 3. The number of methoxy groups -OCH3 is 3. The van der Waals surface area contributed by atoms with Crippen molar-refractivity contribution in [1.82, 2.24) is 24.3 Å². The topological polar surface area (TPSA) is 116 Å². The largest absolute Gasteiger partial charge is 0.496 e. The smallest absolute Gasteiger partial charge is 0.211 e. The summed E-state index contributed by atoms with van der Waals surface area (Å²) in [5, 5.41) is 4.25. The van der Waals surface area contributed by atoms with Crippen molar-refractivity contribution >= 4 is 57.7 Å². The van der Waals surface area contributed by atoms with E-state index in [0.717, 1.165) is 50.5 Å². The molecule has 2 saturated heterocycles. The van der Waals surface area contributed by atoms with Crippen LogP contribution in [0.2, 0.25) is 10.0 Å². The Kier molecular flexibility index (Phi) is 8.20. The lowest BCUT2D eigenvalue weighted by molar-refractivity contribution is -0.105. The molecule has 5 heterocycles. The second kappa shape index (κ2) is 12.4. The Morgan fingerprint density at radius 2 is 1.61 bits per heavy atom. The molecule has 14 heteroatoms. The minimum atomic E-state index is 0.327. The summed E-state index contributed by atoms with van der Waals surface area (Å²) in [4.78, 5) is 30.7. The Labute approximate surface area is 274 Å². The number of aromatic nitrogens is 4. The summed E-state index contributed by atoms with van der Waals surface area (Å²) in [6, 6.07) is 7.82. The van der Waals surface area contributed by atoms with Crippen LogP contribution in [0.5, 0.6) is 17.2 Å². The first-order chi connectivity index (χ1) is 22.4. The van der Waals surface area contributed by atoms with Crippen LogP contribution in [-0.4, -0.2) is 97.4 Å². The first kappa shape index (κ1) is 30.3. The lowest BCUT2D eigenvalue weighted by Gasteiger charge is -2.43. The molecule has 0 unspecified atom stereocenters. The lowest BCUT2D eigenvalue weighted by atomic mass is 10.0. The summed E-state index contributed by atoms with van der Waals surface area (Å²) in [7, 11) is 4.67. The summed E-state index contributed by atoms with van der Waals surface area (Å²) in [5.74, 6) is 1.83. The minimum Gasteiger partial charge on any atom is -0.496 e. The van der Waals surface area contributed by atoms with Gasteiger partial charge in [-0.1, -0.05) is 23.2 Å². The third-order valence-corrected chi connectivity index (χ3v) is 9.36. The second-order valence-corrected chi connectivity index (χ2v) is 11.7. The molecule has 1 N–H and O–H groups in total. The number of carbonyl (C=O) groups is 1. The van der Waals surface area contributed by atoms with Crippen LogP contribution in [0.25, 0.3) is 39.2 Å². The molecule has 2 aliphatic rings. The van der Waals surface area contributed by atoms with E-state index in [1.807, 2.05) is 28.8 Å². The third kappa shape index (κ3) is 5.11. The maximum absolute atomic E-state index is 11.7. The summed E-state index contributed by atoms with van der Waals surface area (Å²) in [6.45, 7) is 5.02. The van der Waals surface area contributed by atoms with Gasteiger partial charge in [-0.2, -0.15) is 0 Å². The maximum atomic E-state index is 11.7. The van der Waals surface area contributed by atoms with Crippen LogP contribution in [0.4, 0.5) is 11.4 Å². The molecule has 0 atom stereocenters. The number of amides is 1.